The lowest BCUT2D eigenvalue weighted by Gasteiger charge is -2.16. The van der Waals surface area contributed by atoms with E-state index >= 15 is 0 Å². The molecule has 0 atom stereocenters. The first kappa shape index (κ1) is 12.2. The lowest BCUT2D eigenvalue weighted by molar-refractivity contribution is 0.236. The molecule has 0 amide bonds. The Balaban J connectivity index is 1.82. The van der Waals surface area contributed by atoms with Crippen molar-refractivity contribution >= 4 is 0 Å². The monoisotopic (exact) mass is 231 g/mol. The van der Waals surface area contributed by atoms with Crippen LogP contribution < -0.4 is 4.74 Å². The van der Waals surface area contributed by atoms with Gasteiger partial charge in [0.05, 0.1) is 0 Å². The summed E-state index contributed by atoms with van der Waals surface area (Å²) in [7, 11) is 0. The maximum Gasteiger partial charge on any atom is 0.122 e. The SMILES string of the molecule is C=CCc1ccccc1OCCN1CCCC1. The van der Waals surface area contributed by atoms with E-state index in [1.54, 1.807) is 0 Å². The Morgan fingerprint density at radius 2 is 2.00 bits per heavy atom. The first-order chi connectivity index (χ1) is 8.40. The fourth-order valence-electron chi connectivity index (χ4n) is 2.26. The number of allylic oxidation sites excluding steroid dienone is 1. The van der Waals surface area contributed by atoms with Gasteiger partial charge in [0, 0.05) is 6.54 Å². The molecule has 0 saturated carbocycles. The molecule has 2 nitrogen and oxygen atoms in total. The first-order valence-corrected chi connectivity index (χ1v) is 6.44. The minimum absolute atomic E-state index is 0.786. The Labute approximate surface area is 104 Å². The van der Waals surface area contributed by atoms with Gasteiger partial charge in [0.15, 0.2) is 0 Å². The van der Waals surface area contributed by atoms with Crippen molar-refractivity contribution in [2.75, 3.05) is 26.2 Å². The van der Waals surface area contributed by atoms with E-state index in [1.807, 2.05) is 24.3 Å². The predicted molar refractivity (Wildman–Crippen MR) is 71.5 cm³/mol. The molecule has 0 aliphatic carbocycles. The minimum atomic E-state index is 0.786. The number of ether oxygens (including phenoxy) is 1. The van der Waals surface area contributed by atoms with Gasteiger partial charge in [-0.1, -0.05) is 24.3 Å². The summed E-state index contributed by atoms with van der Waals surface area (Å²) < 4.78 is 5.86. The number of benzene rings is 1. The summed E-state index contributed by atoms with van der Waals surface area (Å²) in [5.41, 5.74) is 1.23. The highest BCUT2D eigenvalue weighted by Crippen LogP contribution is 2.18. The molecular formula is C15H21NO. The van der Waals surface area contributed by atoms with Gasteiger partial charge in [-0.3, -0.25) is 4.90 Å². The highest BCUT2D eigenvalue weighted by Gasteiger charge is 2.11. The summed E-state index contributed by atoms with van der Waals surface area (Å²) in [4.78, 5) is 2.47. The van der Waals surface area contributed by atoms with E-state index < -0.39 is 0 Å². The van der Waals surface area contributed by atoms with Crippen molar-refractivity contribution in [3.63, 3.8) is 0 Å². The third-order valence-electron chi connectivity index (χ3n) is 3.20. The Kier molecular flexibility index (Phi) is 4.63. The van der Waals surface area contributed by atoms with Crippen LogP contribution in [0.5, 0.6) is 5.75 Å². The highest BCUT2D eigenvalue weighted by molar-refractivity contribution is 5.34. The van der Waals surface area contributed by atoms with Crippen LogP contribution in [0, 0.1) is 0 Å². The zero-order valence-corrected chi connectivity index (χ0v) is 10.4. The molecule has 2 rings (SSSR count). The number of hydrogen-bond acceptors (Lipinski definition) is 2. The smallest absolute Gasteiger partial charge is 0.122 e. The zero-order valence-electron chi connectivity index (χ0n) is 10.4. The van der Waals surface area contributed by atoms with Crippen LogP contribution >= 0.6 is 0 Å². The van der Waals surface area contributed by atoms with Crippen LogP contribution in [0.1, 0.15) is 18.4 Å². The van der Waals surface area contributed by atoms with Gasteiger partial charge >= 0.3 is 0 Å². The molecule has 1 fully saturated rings. The van der Waals surface area contributed by atoms with E-state index in [1.165, 1.54) is 31.5 Å². The molecule has 0 radical (unpaired) electrons. The second-order valence-electron chi connectivity index (χ2n) is 4.50. The average molecular weight is 231 g/mol. The van der Waals surface area contributed by atoms with Gasteiger partial charge in [-0.15, -0.1) is 6.58 Å². The molecule has 2 heteroatoms. The molecule has 1 saturated heterocycles. The second-order valence-corrected chi connectivity index (χ2v) is 4.50. The van der Waals surface area contributed by atoms with Gasteiger partial charge in [0.2, 0.25) is 0 Å². The predicted octanol–water partition coefficient (Wildman–Crippen LogP) is 2.89. The molecule has 0 unspecified atom stereocenters. The molecule has 1 aliphatic heterocycles. The van der Waals surface area contributed by atoms with E-state index in [2.05, 4.69) is 17.5 Å². The standard InChI is InChI=1S/C15H21NO/c1-2-7-14-8-3-4-9-15(14)17-13-12-16-10-5-6-11-16/h2-4,8-9H,1,5-7,10-13H2. The van der Waals surface area contributed by atoms with Gasteiger partial charge in [-0.05, 0) is 44.0 Å². The average Bonchev–Trinajstić information content (AvgIpc) is 2.85. The summed E-state index contributed by atoms with van der Waals surface area (Å²) in [5.74, 6) is 1.01. The van der Waals surface area contributed by atoms with E-state index in [0.29, 0.717) is 0 Å². The number of hydrogen-bond donors (Lipinski definition) is 0. The third-order valence-corrected chi connectivity index (χ3v) is 3.20. The van der Waals surface area contributed by atoms with Crippen LogP contribution in [0.3, 0.4) is 0 Å². The second kappa shape index (κ2) is 6.45. The summed E-state index contributed by atoms with van der Waals surface area (Å²) in [6.45, 7) is 8.07. The topological polar surface area (TPSA) is 12.5 Å². The van der Waals surface area contributed by atoms with E-state index in [0.717, 1.165) is 25.3 Å². The van der Waals surface area contributed by atoms with Crippen molar-refractivity contribution in [2.45, 2.75) is 19.3 Å². The molecule has 0 N–H and O–H groups in total. The van der Waals surface area contributed by atoms with Crippen molar-refractivity contribution in [3.05, 3.63) is 42.5 Å². The molecular weight excluding hydrogens is 210 g/mol. The number of para-hydroxylation sites is 1. The van der Waals surface area contributed by atoms with E-state index in [9.17, 15) is 0 Å². The lowest BCUT2D eigenvalue weighted by Crippen LogP contribution is -2.25. The molecule has 0 bridgehead atoms. The van der Waals surface area contributed by atoms with Gasteiger partial charge in [0.1, 0.15) is 12.4 Å². The largest absolute Gasteiger partial charge is 0.492 e. The Morgan fingerprint density at radius 1 is 1.24 bits per heavy atom. The van der Waals surface area contributed by atoms with Gasteiger partial charge in [-0.2, -0.15) is 0 Å². The third kappa shape index (κ3) is 3.60. The normalized spacial score (nSPS) is 16.0. The molecule has 0 spiro atoms. The summed E-state index contributed by atoms with van der Waals surface area (Å²) >= 11 is 0. The number of rotatable bonds is 6. The Morgan fingerprint density at radius 3 is 2.76 bits per heavy atom. The Hall–Kier alpha value is -1.28. The van der Waals surface area contributed by atoms with Crippen LogP contribution in [0.2, 0.25) is 0 Å². The maximum atomic E-state index is 5.86. The van der Waals surface area contributed by atoms with E-state index in [4.69, 9.17) is 4.74 Å². The van der Waals surface area contributed by atoms with Crippen molar-refractivity contribution in [1.29, 1.82) is 0 Å². The first-order valence-electron chi connectivity index (χ1n) is 6.44. The molecule has 1 aliphatic rings. The van der Waals surface area contributed by atoms with Gasteiger partial charge < -0.3 is 4.74 Å². The number of likely N-dealkylation sites (tertiary alicyclic amines) is 1. The Bertz CT molecular complexity index is 356. The molecule has 1 heterocycles. The highest BCUT2D eigenvalue weighted by atomic mass is 16.5. The van der Waals surface area contributed by atoms with Crippen molar-refractivity contribution in [2.24, 2.45) is 0 Å². The minimum Gasteiger partial charge on any atom is -0.492 e. The van der Waals surface area contributed by atoms with Crippen molar-refractivity contribution in [3.8, 4) is 5.75 Å². The number of nitrogens with zero attached hydrogens (tertiary/aromatic N) is 1. The van der Waals surface area contributed by atoms with Crippen LogP contribution in [-0.4, -0.2) is 31.1 Å². The quantitative estimate of drug-likeness (QED) is 0.698. The summed E-state index contributed by atoms with van der Waals surface area (Å²) in [6.07, 6.45) is 5.47. The van der Waals surface area contributed by atoms with Crippen molar-refractivity contribution in [1.82, 2.24) is 4.90 Å². The summed E-state index contributed by atoms with van der Waals surface area (Å²) in [6, 6.07) is 8.22. The van der Waals surface area contributed by atoms with Gasteiger partial charge in [0.25, 0.3) is 0 Å². The lowest BCUT2D eigenvalue weighted by atomic mass is 10.1. The molecule has 92 valence electrons. The fourth-order valence-corrected chi connectivity index (χ4v) is 2.26. The van der Waals surface area contributed by atoms with Crippen LogP contribution in [0.15, 0.2) is 36.9 Å². The van der Waals surface area contributed by atoms with E-state index in [-0.39, 0.29) is 0 Å². The van der Waals surface area contributed by atoms with Crippen molar-refractivity contribution < 1.29 is 4.74 Å². The molecule has 17 heavy (non-hydrogen) atoms. The van der Waals surface area contributed by atoms with Crippen LogP contribution in [-0.2, 0) is 6.42 Å². The van der Waals surface area contributed by atoms with Crippen LogP contribution in [0.4, 0.5) is 0 Å². The van der Waals surface area contributed by atoms with Crippen LogP contribution in [0.25, 0.3) is 0 Å². The van der Waals surface area contributed by atoms with Gasteiger partial charge in [-0.25, -0.2) is 0 Å². The maximum absolute atomic E-state index is 5.86. The molecule has 1 aromatic rings. The zero-order chi connectivity index (χ0) is 11.9. The molecule has 1 aromatic carbocycles. The fraction of sp³-hybridized carbons (Fsp3) is 0.467. The summed E-state index contributed by atoms with van der Waals surface area (Å²) in [5, 5.41) is 0. The molecule has 0 aromatic heterocycles.